The smallest absolute Gasteiger partial charge is 0.291 e. The summed E-state index contributed by atoms with van der Waals surface area (Å²) in [6, 6.07) is 12.5. The summed E-state index contributed by atoms with van der Waals surface area (Å²) in [4.78, 5) is 27.9. The van der Waals surface area contributed by atoms with Crippen LogP contribution in [0.5, 0.6) is 5.75 Å². The van der Waals surface area contributed by atoms with Crippen molar-refractivity contribution < 1.29 is 23.1 Å². The Hall–Kier alpha value is -3.87. The van der Waals surface area contributed by atoms with Crippen LogP contribution in [0.2, 0.25) is 0 Å². The molecule has 0 fully saturated rings. The van der Waals surface area contributed by atoms with Crippen LogP contribution >= 0.6 is 0 Å². The minimum atomic E-state index is -0.757. The molecular weight excluding hydrogens is 377 g/mol. The second-order valence-electron chi connectivity index (χ2n) is 6.82. The molecule has 29 heavy (non-hydrogen) atoms. The number of hydrogen-bond donors (Lipinski definition) is 1. The van der Waals surface area contributed by atoms with Crippen molar-refractivity contribution in [2.45, 2.75) is 12.6 Å². The SMILES string of the molecule is O=C1c2oc3ccc(F)cc3c(=O)c2[C@H](c2ccc(O)cc2)N1Cc1ccco1. The van der Waals surface area contributed by atoms with Gasteiger partial charge in [-0.15, -0.1) is 0 Å². The summed E-state index contributed by atoms with van der Waals surface area (Å²) in [6.07, 6.45) is 1.50. The quantitative estimate of drug-likeness (QED) is 0.571. The molecule has 1 amide bonds. The number of furan rings is 1. The fraction of sp³-hybridized carbons (Fsp3) is 0.0909. The van der Waals surface area contributed by atoms with Gasteiger partial charge in [-0.1, -0.05) is 12.1 Å². The first kappa shape index (κ1) is 17.2. The van der Waals surface area contributed by atoms with E-state index in [9.17, 15) is 19.1 Å². The van der Waals surface area contributed by atoms with Crippen LogP contribution in [0.3, 0.4) is 0 Å². The lowest BCUT2D eigenvalue weighted by Crippen LogP contribution is -2.29. The van der Waals surface area contributed by atoms with Crippen LogP contribution in [0.15, 0.2) is 74.5 Å². The standard InChI is InChI=1S/C22H14FNO5/c23-13-5-8-17-16(10-13)20(26)18-19(12-3-6-14(25)7-4-12)24(22(27)21(18)29-17)11-15-2-1-9-28-15/h1-10,19,25H,11H2/t19-/m0/s1. The second kappa shape index (κ2) is 6.34. The van der Waals surface area contributed by atoms with Gasteiger partial charge in [-0.05, 0) is 48.0 Å². The van der Waals surface area contributed by atoms with E-state index in [2.05, 4.69) is 0 Å². The third-order valence-electron chi connectivity index (χ3n) is 5.04. The Bertz CT molecular complexity index is 1290. The maximum atomic E-state index is 13.7. The van der Waals surface area contributed by atoms with Gasteiger partial charge in [-0.3, -0.25) is 9.59 Å². The third kappa shape index (κ3) is 2.70. The van der Waals surface area contributed by atoms with E-state index in [1.54, 1.807) is 24.3 Å². The number of nitrogens with zero attached hydrogens (tertiary/aromatic N) is 1. The second-order valence-corrected chi connectivity index (χ2v) is 6.82. The Morgan fingerprint density at radius 2 is 1.86 bits per heavy atom. The number of phenolic OH excluding ortho intramolecular Hbond substituents is 1. The molecule has 3 heterocycles. The summed E-state index contributed by atoms with van der Waals surface area (Å²) in [5, 5.41) is 9.70. The predicted molar refractivity (Wildman–Crippen MR) is 101 cm³/mol. The molecule has 2 aromatic heterocycles. The zero-order valence-corrected chi connectivity index (χ0v) is 15.0. The number of hydrogen-bond acceptors (Lipinski definition) is 5. The van der Waals surface area contributed by atoms with Gasteiger partial charge in [0.05, 0.1) is 29.8 Å². The molecule has 2 aromatic carbocycles. The number of carbonyl (C=O) groups excluding carboxylic acids is 1. The summed E-state index contributed by atoms with van der Waals surface area (Å²) >= 11 is 0. The molecule has 5 rings (SSSR count). The molecule has 1 aliphatic rings. The van der Waals surface area contributed by atoms with Crippen molar-refractivity contribution in [2.75, 3.05) is 0 Å². The van der Waals surface area contributed by atoms with Gasteiger partial charge in [0.2, 0.25) is 5.76 Å². The first-order chi connectivity index (χ1) is 14.0. The molecule has 0 saturated heterocycles. The van der Waals surface area contributed by atoms with Crippen LogP contribution in [0.25, 0.3) is 11.0 Å². The maximum absolute atomic E-state index is 13.7. The van der Waals surface area contributed by atoms with Crippen molar-refractivity contribution in [3.05, 3.63) is 99.5 Å². The van der Waals surface area contributed by atoms with Crippen molar-refractivity contribution in [1.82, 2.24) is 4.90 Å². The fourth-order valence-corrected chi connectivity index (χ4v) is 3.73. The van der Waals surface area contributed by atoms with E-state index in [0.717, 1.165) is 6.07 Å². The highest BCUT2D eigenvalue weighted by atomic mass is 19.1. The Balaban J connectivity index is 1.75. The molecule has 144 valence electrons. The fourth-order valence-electron chi connectivity index (χ4n) is 3.73. The van der Waals surface area contributed by atoms with Crippen LogP contribution < -0.4 is 5.43 Å². The molecule has 1 atom stereocenters. The first-order valence-corrected chi connectivity index (χ1v) is 8.91. The zero-order chi connectivity index (χ0) is 20.1. The lowest BCUT2D eigenvalue weighted by molar-refractivity contribution is 0.0701. The van der Waals surface area contributed by atoms with Crippen molar-refractivity contribution in [1.29, 1.82) is 0 Å². The molecular formula is C22H14FNO5. The van der Waals surface area contributed by atoms with Gasteiger partial charge in [-0.2, -0.15) is 0 Å². The summed E-state index contributed by atoms with van der Waals surface area (Å²) in [5.41, 5.74) is 0.441. The van der Waals surface area contributed by atoms with Gasteiger partial charge >= 0.3 is 0 Å². The number of aromatic hydroxyl groups is 1. The lowest BCUT2D eigenvalue weighted by Gasteiger charge is -2.24. The molecule has 6 nitrogen and oxygen atoms in total. The highest BCUT2D eigenvalue weighted by Crippen LogP contribution is 2.39. The molecule has 0 bridgehead atoms. The van der Waals surface area contributed by atoms with Crippen LogP contribution in [0, 0.1) is 5.82 Å². The summed E-state index contributed by atoms with van der Waals surface area (Å²) in [5.74, 6) is -0.499. The van der Waals surface area contributed by atoms with Crippen LogP contribution in [0.4, 0.5) is 4.39 Å². The van der Waals surface area contributed by atoms with Gasteiger partial charge < -0.3 is 18.8 Å². The number of carbonyl (C=O) groups is 1. The van der Waals surface area contributed by atoms with Crippen molar-refractivity contribution in [2.24, 2.45) is 0 Å². The highest BCUT2D eigenvalue weighted by Gasteiger charge is 2.43. The largest absolute Gasteiger partial charge is 0.508 e. The van der Waals surface area contributed by atoms with E-state index in [1.165, 1.54) is 35.4 Å². The van der Waals surface area contributed by atoms with Gasteiger partial charge in [0, 0.05) is 0 Å². The zero-order valence-electron chi connectivity index (χ0n) is 15.0. The van der Waals surface area contributed by atoms with Gasteiger partial charge in [0.15, 0.2) is 5.43 Å². The molecule has 0 saturated carbocycles. The van der Waals surface area contributed by atoms with Gasteiger partial charge in [-0.25, -0.2) is 4.39 Å². The topological polar surface area (TPSA) is 83.9 Å². The van der Waals surface area contributed by atoms with Crippen LogP contribution in [-0.2, 0) is 6.54 Å². The van der Waals surface area contributed by atoms with E-state index in [-0.39, 0.29) is 34.6 Å². The third-order valence-corrected chi connectivity index (χ3v) is 5.04. The molecule has 1 N–H and O–H groups in total. The molecule has 0 spiro atoms. The minimum absolute atomic E-state index is 0.0588. The van der Waals surface area contributed by atoms with Gasteiger partial charge in [0.1, 0.15) is 22.9 Å². The number of rotatable bonds is 3. The van der Waals surface area contributed by atoms with Crippen LogP contribution in [-0.4, -0.2) is 15.9 Å². The monoisotopic (exact) mass is 391 g/mol. The molecule has 0 aliphatic carbocycles. The van der Waals surface area contributed by atoms with Crippen molar-refractivity contribution in [3.8, 4) is 5.75 Å². The number of fused-ring (bicyclic) bond motifs is 2. The Morgan fingerprint density at radius 1 is 1.07 bits per heavy atom. The molecule has 0 radical (unpaired) electrons. The minimum Gasteiger partial charge on any atom is -0.508 e. The number of phenols is 1. The highest BCUT2D eigenvalue weighted by molar-refractivity contribution is 5.99. The number of amides is 1. The predicted octanol–water partition coefficient (Wildman–Crippen LogP) is 3.98. The van der Waals surface area contributed by atoms with E-state index in [0.29, 0.717) is 11.3 Å². The molecule has 0 unspecified atom stereocenters. The van der Waals surface area contributed by atoms with Gasteiger partial charge in [0.25, 0.3) is 5.91 Å². The average molecular weight is 391 g/mol. The average Bonchev–Trinajstić information content (AvgIpc) is 3.32. The summed E-state index contributed by atoms with van der Waals surface area (Å²) in [6.45, 7) is 0.117. The Kier molecular flexibility index (Phi) is 3.77. The maximum Gasteiger partial charge on any atom is 0.291 e. The normalized spacial score (nSPS) is 15.8. The van der Waals surface area contributed by atoms with Crippen molar-refractivity contribution >= 4 is 16.9 Å². The lowest BCUT2D eigenvalue weighted by atomic mass is 9.98. The Labute approximate surface area is 163 Å². The first-order valence-electron chi connectivity index (χ1n) is 8.91. The Morgan fingerprint density at radius 3 is 2.59 bits per heavy atom. The molecule has 4 aromatic rings. The molecule has 1 aliphatic heterocycles. The van der Waals surface area contributed by atoms with E-state index in [1.807, 2.05) is 0 Å². The summed E-state index contributed by atoms with van der Waals surface area (Å²) < 4.78 is 24.9. The number of halogens is 1. The van der Waals surface area contributed by atoms with Crippen molar-refractivity contribution in [3.63, 3.8) is 0 Å². The van der Waals surface area contributed by atoms with Crippen LogP contribution in [0.1, 0.15) is 33.5 Å². The molecule has 7 heteroatoms. The van der Waals surface area contributed by atoms with E-state index >= 15 is 0 Å². The van der Waals surface area contributed by atoms with E-state index in [4.69, 9.17) is 8.83 Å². The summed E-state index contributed by atoms with van der Waals surface area (Å²) in [7, 11) is 0. The number of benzene rings is 2. The van der Waals surface area contributed by atoms with E-state index < -0.39 is 23.2 Å².